The third kappa shape index (κ3) is 2.98. The van der Waals surface area contributed by atoms with Gasteiger partial charge in [-0.05, 0) is 6.92 Å². The van der Waals surface area contributed by atoms with Crippen LogP contribution in [0.5, 0.6) is 0 Å². The third-order valence-electron chi connectivity index (χ3n) is 0.845. The Kier molecular flexibility index (Phi) is 3.53. The molecule has 0 aliphatic heterocycles. The van der Waals surface area contributed by atoms with E-state index in [2.05, 4.69) is 9.39 Å². The smallest absolute Gasteiger partial charge is 0.107 e. The molecule has 0 spiro atoms. The van der Waals surface area contributed by atoms with Crippen molar-refractivity contribution >= 4 is 9.39 Å². The van der Waals surface area contributed by atoms with Crippen molar-refractivity contribution in [3.8, 4) is 0 Å². The maximum absolute atomic E-state index is 8.73. The highest BCUT2D eigenvalue weighted by Gasteiger charge is 1.97. The molecule has 0 bridgehead atoms. The van der Waals surface area contributed by atoms with E-state index in [1.54, 1.807) is 11.6 Å². The molecule has 0 fully saturated rings. The number of hydrogen-bond acceptors (Lipinski definition) is 2. The van der Waals surface area contributed by atoms with Crippen LogP contribution >= 0.6 is 9.39 Å². The van der Waals surface area contributed by atoms with Crippen LogP contribution in [0.4, 0.5) is 0 Å². The van der Waals surface area contributed by atoms with Crippen LogP contribution in [-0.2, 0) is 0 Å². The minimum absolute atomic E-state index is 0.338. The van der Waals surface area contributed by atoms with Crippen LogP contribution in [-0.4, -0.2) is 22.5 Å². The lowest BCUT2D eigenvalue weighted by Gasteiger charge is -2.15. The third-order valence-corrected chi connectivity index (χ3v) is 1.64. The Morgan fingerprint density at radius 2 is 2.29 bits per heavy atom. The number of aliphatic hydroxyl groups excluding tert-OH is 1. The van der Waals surface area contributed by atoms with Gasteiger partial charge in [-0.1, -0.05) is 16.3 Å². The lowest BCUT2D eigenvalue weighted by Crippen LogP contribution is -2.21. The maximum Gasteiger partial charge on any atom is 0.107 e. The van der Waals surface area contributed by atoms with Crippen molar-refractivity contribution in [2.24, 2.45) is 0 Å². The molecule has 2 nitrogen and oxygen atoms in total. The molecule has 1 N–H and O–H groups in total. The molecule has 0 amide bonds. The molecule has 0 rings (SSSR count). The van der Waals surface area contributed by atoms with Gasteiger partial charge in [0.1, 0.15) is 6.23 Å². The van der Waals surface area contributed by atoms with E-state index in [1.807, 2.05) is 6.92 Å². The number of aliphatic hydroxyl groups is 1. The van der Waals surface area contributed by atoms with E-state index >= 15 is 0 Å². The van der Waals surface area contributed by atoms with Gasteiger partial charge in [-0.15, -0.1) is 0 Å². The molecule has 0 saturated heterocycles. The Labute approximate surface area is 46.8 Å². The summed E-state index contributed by atoms with van der Waals surface area (Å²) in [6, 6.07) is 0. The van der Waals surface area contributed by atoms with E-state index in [9.17, 15) is 0 Å². The van der Waals surface area contributed by atoms with E-state index in [0.29, 0.717) is 0 Å². The SMILES string of the molecule is CCN(P)C(C)O. The lowest BCUT2D eigenvalue weighted by atomic mass is 10.6. The highest BCUT2D eigenvalue weighted by atomic mass is 31.0. The maximum atomic E-state index is 8.73. The quantitative estimate of drug-likeness (QED) is 0.423. The fraction of sp³-hybridized carbons (Fsp3) is 1.00. The Balaban J connectivity index is 3.14. The van der Waals surface area contributed by atoms with Gasteiger partial charge in [-0.25, -0.2) is 0 Å². The molecule has 0 aliphatic rings. The van der Waals surface area contributed by atoms with Crippen molar-refractivity contribution in [2.75, 3.05) is 6.54 Å². The van der Waals surface area contributed by atoms with Gasteiger partial charge in [-0.2, -0.15) is 0 Å². The van der Waals surface area contributed by atoms with Gasteiger partial charge in [0, 0.05) is 6.54 Å². The Hall–Kier alpha value is 0.350. The monoisotopic (exact) mass is 121 g/mol. The summed E-state index contributed by atoms with van der Waals surface area (Å²) in [5.74, 6) is 0. The summed E-state index contributed by atoms with van der Waals surface area (Å²) in [4.78, 5) is 0. The Morgan fingerprint density at radius 1 is 1.86 bits per heavy atom. The van der Waals surface area contributed by atoms with E-state index < -0.39 is 0 Å². The largest absolute Gasteiger partial charge is 0.378 e. The van der Waals surface area contributed by atoms with Crippen LogP contribution in [0.15, 0.2) is 0 Å². The molecule has 44 valence electrons. The van der Waals surface area contributed by atoms with Gasteiger partial charge in [0.25, 0.3) is 0 Å². The summed E-state index contributed by atoms with van der Waals surface area (Å²) < 4.78 is 1.76. The highest BCUT2D eigenvalue weighted by Crippen LogP contribution is 1.99. The van der Waals surface area contributed by atoms with Gasteiger partial charge in [0.2, 0.25) is 0 Å². The first-order valence-electron chi connectivity index (χ1n) is 2.38. The summed E-state index contributed by atoms with van der Waals surface area (Å²) in [6.07, 6.45) is -0.338. The summed E-state index contributed by atoms with van der Waals surface area (Å²) >= 11 is 0. The van der Waals surface area contributed by atoms with Crippen LogP contribution in [0.1, 0.15) is 13.8 Å². The molecule has 0 aromatic carbocycles. The van der Waals surface area contributed by atoms with E-state index in [4.69, 9.17) is 5.11 Å². The van der Waals surface area contributed by atoms with Crippen molar-refractivity contribution in [2.45, 2.75) is 20.1 Å². The van der Waals surface area contributed by atoms with Gasteiger partial charge < -0.3 is 5.11 Å². The highest BCUT2D eigenvalue weighted by molar-refractivity contribution is 7.13. The molecular weight excluding hydrogens is 109 g/mol. The normalized spacial score (nSPS) is 15.0. The summed E-state index contributed by atoms with van der Waals surface area (Å²) in [5.41, 5.74) is 0. The van der Waals surface area contributed by atoms with Crippen LogP contribution in [0, 0.1) is 0 Å². The average molecular weight is 121 g/mol. The van der Waals surface area contributed by atoms with Crippen molar-refractivity contribution < 1.29 is 5.11 Å². The Morgan fingerprint density at radius 3 is 2.29 bits per heavy atom. The van der Waals surface area contributed by atoms with E-state index in [1.165, 1.54) is 0 Å². The molecule has 0 heterocycles. The summed E-state index contributed by atoms with van der Waals surface area (Å²) in [7, 11) is 2.43. The van der Waals surface area contributed by atoms with Crippen molar-refractivity contribution in [1.29, 1.82) is 0 Å². The van der Waals surface area contributed by atoms with Gasteiger partial charge in [-0.3, -0.25) is 4.67 Å². The summed E-state index contributed by atoms with van der Waals surface area (Å²) in [5, 5.41) is 8.73. The molecular formula is C4H12NOP. The average Bonchev–Trinajstić information content (AvgIpc) is 1.65. The first kappa shape index (κ1) is 7.35. The number of nitrogens with zero attached hydrogens (tertiary/aromatic N) is 1. The first-order valence-corrected chi connectivity index (χ1v) is 2.89. The minimum Gasteiger partial charge on any atom is -0.378 e. The summed E-state index contributed by atoms with van der Waals surface area (Å²) in [6.45, 7) is 4.58. The molecule has 2 atom stereocenters. The van der Waals surface area contributed by atoms with Crippen molar-refractivity contribution in [3.05, 3.63) is 0 Å². The molecule has 0 saturated carbocycles. The number of rotatable bonds is 2. The molecule has 2 unspecified atom stereocenters. The van der Waals surface area contributed by atoms with Crippen LogP contribution in [0.25, 0.3) is 0 Å². The lowest BCUT2D eigenvalue weighted by molar-refractivity contribution is 0.0910. The predicted octanol–water partition coefficient (Wildman–Crippen LogP) is 0.437. The molecule has 7 heavy (non-hydrogen) atoms. The van der Waals surface area contributed by atoms with Gasteiger partial charge in [0.05, 0.1) is 0 Å². The predicted molar refractivity (Wildman–Crippen MR) is 33.8 cm³/mol. The zero-order valence-electron chi connectivity index (χ0n) is 4.76. The molecule has 0 aliphatic carbocycles. The second-order valence-corrected chi connectivity index (χ2v) is 2.13. The second-order valence-electron chi connectivity index (χ2n) is 1.46. The molecule has 0 aromatic rings. The van der Waals surface area contributed by atoms with Gasteiger partial charge >= 0.3 is 0 Å². The van der Waals surface area contributed by atoms with Crippen molar-refractivity contribution in [3.63, 3.8) is 0 Å². The minimum atomic E-state index is -0.338. The standard InChI is InChI=1S/C4H12NOP/c1-3-5(7)4(2)6/h4,6H,3,7H2,1-2H3. The van der Waals surface area contributed by atoms with E-state index in [-0.39, 0.29) is 6.23 Å². The molecule has 0 radical (unpaired) electrons. The zero-order valence-corrected chi connectivity index (χ0v) is 5.91. The first-order chi connectivity index (χ1) is 3.18. The van der Waals surface area contributed by atoms with Crippen LogP contribution in [0.3, 0.4) is 0 Å². The fourth-order valence-corrected chi connectivity index (χ4v) is 0.264. The van der Waals surface area contributed by atoms with Crippen molar-refractivity contribution in [1.82, 2.24) is 4.67 Å². The fourth-order valence-electron chi connectivity index (χ4n) is 0.264. The van der Waals surface area contributed by atoms with Gasteiger partial charge in [0.15, 0.2) is 0 Å². The zero-order chi connectivity index (χ0) is 5.86. The second kappa shape index (κ2) is 3.36. The van der Waals surface area contributed by atoms with Crippen LogP contribution < -0.4 is 0 Å². The Bertz CT molecular complexity index is 49.0. The van der Waals surface area contributed by atoms with E-state index in [0.717, 1.165) is 6.54 Å². The molecule has 0 aromatic heterocycles. The number of hydrogen-bond donors (Lipinski definition) is 1. The molecule has 3 heteroatoms. The topological polar surface area (TPSA) is 23.5 Å². The van der Waals surface area contributed by atoms with Crippen LogP contribution in [0.2, 0.25) is 0 Å².